The number of aromatic nitrogens is 3. The Morgan fingerprint density at radius 2 is 1.95 bits per heavy atom. The number of fused-ring (bicyclic) bond motifs is 1. The van der Waals surface area contributed by atoms with Crippen molar-refractivity contribution in [2.24, 2.45) is 0 Å². The Bertz CT molecular complexity index is 517. The van der Waals surface area contributed by atoms with Crippen LogP contribution in [0.2, 0.25) is 0 Å². The number of carbonyl (C=O) groups excluding carboxylic acids is 1. The summed E-state index contributed by atoms with van der Waals surface area (Å²) in [6, 6.07) is 0. The first-order valence-electron chi connectivity index (χ1n) is 5.96. The zero-order chi connectivity index (χ0) is 14.2. The minimum atomic E-state index is -1.16. The van der Waals surface area contributed by atoms with Gasteiger partial charge in [0.15, 0.2) is 0 Å². The summed E-state index contributed by atoms with van der Waals surface area (Å²) < 4.78 is 6.67. The number of nitrogens with zero attached hydrogens (tertiary/aromatic N) is 4. The SMILES string of the molecule is CC(C)(C)OC(=O)N1CCCn2c(C(=O)O)nnc21. The first-order chi connectivity index (χ1) is 8.79. The van der Waals surface area contributed by atoms with Crippen molar-refractivity contribution in [3.63, 3.8) is 0 Å². The van der Waals surface area contributed by atoms with E-state index in [0.717, 1.165) is 0 Å². The second-order valence-corrected chi connectivity index (χ2v) is 5.27. The van der Waals surface area contributed by atoms with Crippen LogP contribution in [0.3, 0.4) is 0 Å². The van der Waals surface area contributed by atoms with Gasteiger partial charge in [-0.1, -0.05) is 0 Å². The molecule has 8 heteroatoms. The van der Waals surface area contributed by atoms with Crippen LogP contribution in [0.1, 0.15) is 37.8 Å². The lowest BCUT2D eigenvalue weighted by Gasteiger charge is -2.29. The number of aromatic carboxylic acids is 1. The smallest absolute Gasteiger partial charge is 0.417 e. The molecular formula is C11H16N4O4. The zero-order valence-electron chi connectivity index (χ0n) is 11.1. The van der Waals surface area contributed by atoms with Crippen LogP contribution in [0.4, 0.5) is 10.7 Å². The van der Waals surface area contributed by atoms with Crippen LogP contribution < -0.4 is 4.90 Å². The summed E-state index contributed by atoms with van der Waals surface area (Å²) in [4.78, 5) is 24.3. The summed E-state index contributed by atoms with van der Waals surface area (Å²) in [7, 11) is 0. The van der Waals surface area contributed by atoms with Crippen molar-refractivity contribution in [1.29, 1.82) is 0 Å². The highest BCUT2D eigenvalue weighted by atomic mass is 16.6. The van der Waals surface area contributed by atoms with E-state index in [1.54, 1.807) is 20.8 Å². The Labute approximate surface area is 110 Å². The van der Waals surface area contributed by atoms with Crippen LogP contribution in [0, 0.1) is 0 Å². The van der Waals surface area contributed by atoms with Crippen LogP contribution in [-0.2, 0) is 11.3 Å². The minimum Gasteiger partial charge on any atom is -0.475 e. The molecule has 0 unspecified atom stereocenters. The van der Waals surface area contributed by atoms with Crippen LogP contribution in [0.5, 0.6) is 0 Å². The molecule has 0 saturated heterocycles. The number of amides is 1. The fraction of sp³-hybridized carbons (Fsp3) is 0.636. The van der Waals surface area contributed by atoms with Gasteiger partial charge in [0.1, 0.15) is 5.60 Å². The van der Waals surface area contributed by atoms with E-state index < -0.39 is 17.7 Å². The number of rotatable bonds is 1. The molecule has 0 bridgehead atoms. The lowest BCUT2D eigenvalue weighted by molar-refractivity contribution is 0.0567. The number of ether oxygens (including phenoxy) is 1. The van der Waals surface area contributed by atoms with E-state index in [1.807, 2.05) is 0 Å². The number of carboxylic acids is 1. The molecule has 19 heavy (non-hydrogen) atoms. The molecule has 1 aliphatic heterocycles. The normalized spacial score (nSPS) is 15.0. The van der Waals surface area contributed by atoms with Gasteiger partial charge >= 0.3 is 12.1 Å². The average Bonchev–Trinajstić information content (AvgIpc) is 2.69. The first-order valence-corrected chi connectivity index (χ1v) is 5.96. The van der Waals surface area contributed by atoms with Gasteiger partial charge in [-0.2, -0.15) is 0 Å². The summed E-state index contributed by atoms with van der Waals surface area (Å²) in [6.07, 6.45) is 0.0858. The van der Waals surface area contributed by atoms with Gasteiger partial charge in [-0.05, 0) is 27.2 Å². The lowest BCUT2D eigenvalue weighted by atomic mass is 10.2. The van der Waals surface area contributed by atoms with Crippen LogP contribution in [-0.4, -0.2) is 44.1 Å². The number of anilines is 1. The van der Waals surface area contributed by atoms with Gasteiger partial charge in [0.25, 0.3) is 0 Å². The molecule has 1 aromatic rings. The number of carbonyl (C=O) groups is 2. The van der Waals surface area contributed by atoms with Gasteiger partial charge < -0.3 is 9.84 Å². The predicted octanol–water partition coefficient (Wildman–Crippen LogP) is 1.12. The minimum absolute atomic E-state index is 0.164. The quantitative estimate of drug-likeness (QED) is 0.819. The molecule has 0 fully saturated rings. The fourth-order valence-corrected chi connectivity index (χ4v) is 1.84. The Balaban J connectivity index is 2.28. The molecule has 1 aliphatic rings. The second kappa shape index (κ2) is 4.52. The van der Waals surface area contributed by atoms with Crippen molar-refractivity contribution in [2.75, 3.05) is 11.4 Å². The molecule has 0 radical (unpaired) electrons. The van der Waals surface area contributed by atoms with Crippen molar-refractivity contribution < 1.29 is 19.4 Å². The summed E-state index contributed by atoms with van der Waals surface area (Å²) in [5.74, 6) is -1.11. The maximum atomic E-state index is 12.0. The van der Waals surface area contributed by atoms with E-state index in [9.17, 15) is 9.59 Å². The Kier molecular flexibility index (Phi) is 3.17. The topological polar surface area (TPSA) is 97.5 Å². The zero-order valence-corrected chi connectivity index (χ0v) is 11.1. The third kappa shape index (κ3) is 2.67. The molecule has 0 atom stereocenters. The molecule has 2 heterocycles. The van der Waals surface area contributed by atoms with Crippen molar-refractivity contribution in [1.82, 2.24) is 14.8 Å². The Morgan fingerprint density at radius 1 is 1.26 bits per heavy atom. The summed E-state index contributed by atoms with van der Waals surface area (Å²) in [5, 5.41) is 16.3. The van der Waals surface area contributed by atoms with E-state index in [-0.39, 0.29) is 11.8 Å². The summed E-state index contributed by atoms with van der Waals surface area (Å²) in [6.45, 7) is 6.21. The molecular weight excluding hydrogens is 252 g/mol. The highest BCUT2D eigenvalue weighted by molar-refractivity contribution is 5.88. The van der Waals surface area contributed by atoms with Gasteiger partial charge in [0.2, 0.25) is 11.8 Å². The molecule has 2 rings (SSSR count). The number of hydrogen-bond acceptors (Lipinski definition) is 5. The molecule has 1 aromatic heterocycles. The van der Waals surface area contributed by atoms with Crippen molar-refractivity contribution in [3.8, 4) is 0 Å². The average molecular weight is 268 g/mol. The molecule has 0 spiro atoms. The Morgan fingerprint density at radius 3 is 2.53 bits per heavy atom. The van der Waals surface area contributed by atoms with E-state index in [2.05, 4.69) is 10.2 Å². The van der Waals surface area contributed by atoms with E-state index in [4.69, 9.17) is 9.84 Å². The maximum absolute atomic E-state index is 12.0. The molecule has 0 aliphatic carbocycles. The van der Waals surface area contributed by atoms with Crippen LogP contribution in [0.25, 0.3) is 0 Å². The Hall–Kier alpha value is -2.12. The van der Waals surface area contributed by atoms with Crippen molar-refractivity contribution in [3.05, 3.63) is 5.82 Å². The van der Waals surface area contributed by atoms with Crippen LogP contribution >= 0.6 is 0 Å². The number of carboxylic acid groups (broad SMARTS) is 1. The van der Waals surface area contributed by atoms with Gasteiger partial charge in [-0.3, -0.25) is 4.57 Å². The third-order valence-electron chi connectivity index (χ3n) is 2.54. The van der Waals surface area contributed by atoms with E-state index in [1.165, 1.54) is 9.47 Å². The van der Waals surface area contributed by atoms with Crippen molar-refractivity contribution in [2.45, 2.75) is 39.3 Å². The molecule has 1 amide bonds. The largest absolute Gasteiger partial charge is 0.475 e. The van der Waals surface area contributed by atoms with Crippen LogP contribution in [0.15, 0.2) is 0 Å². The molecule has 104 valence electrons. The summed E-state index contributed by atoms with van der Waals surface area (Å²) >= 11 is 0. The molecule has 0 aromatic carbocycles. The maximum Gasteiger partial charge on any atom is 0.417 e. The molecule has 8 nitrogen and oxygen atoms in total. The standard InChI is InChI=1S/C11H16N4O4/c1-11(2,3)19-10(18)15-6-4-5-14-7(8(16)17)12-13-9(14)15/h4-6H2,1-3H3,(H,16,17). The van der Waals surface area contributed by atoms with E-state index in [0.29, 0.717) is 19.5 Å². The lowest BCUT2D eigenvalue weighted by Crippen LogP contribution is -2.41. The third-order valence-corrected chi connectivity index (χ3v) is 2.54. The summed E-state index contributed by atoms with van der Waals surface area (Å²) in [5.41, 5.74) is -0.616. The monoisotopic (exact) mass is 268 g/mol. The van der Waals surface area contributed by atoms with Gasteiger partial charge in [-0.25, -0.2) is 14.5 Å². The van der Waals surface area contributed by atoms with Gasteiger partial charge in [0.05, 0.1) is 0 Å². The van der Waals surface area contributed by atoms with Gasteiger partial charge in [-0.15, -0.1) is 10.2 Å². The predicted molar refractivity (Wildman–Crippen MR) is 65.2 cm³/mol. The highest BCUT2D eigenvalue weighted by Crippen LogP contribution is 2.22. The molecule has 0 saturated carbocycles. The van der Waals surface area contributed by atoms with E-state index >= 15 is 0 Å². The second-order valence-electron chi connectivity index (χ2n) is 5.27. The van der Waals surface area contributed by atoms with Crippen molar-refractivity contribution >= 4 is 18.0 Å². The first kappa shape index (κ1) is 13.3. The number of hydrogen-bond donors (Lipinski definition) is 1. The highest BCUT2D eigenvalue weighted by Gasteiger charge is 2.31. The molecule has 1 N–H and O–H groups in total. The van der Waals surface area contributed by atoms with Gasteiger partial charge in [0, 0.05) is 13.1 Å². The fourth-order valence-electron chi connectivity index (χ4n) is 1.84.